The van der Waals surface area contributed by atoms with E-state index in [-0.39, 0.29) is 18.7 Å². The lowest BCUT2D eigenvalue weighted by Crippen LogP contribution is -2.23. The van der Waals surface area contributed by atoms with Gasteiger partial charge in [0.1, 0.15) is 11.5 Å². The number of carbonyl (C=O) groups is 3. The van der Waals surface area contributed by atoms with Crippen molar-refractivity contribution in [3.63, 3.8) is 0 Å². The van der Waals surface area contributed by atoms with Gasteiger partial charge in [-0.1, -0.05) is 50.2 Å². The first-order valence-corrected chi connectivity index (χ1v) is 12.5. The minimum Gasteiger partial charge on any atom is -0.457 e. The van der Waals surface area contributed by atoms with Gasteiger partial charge in [-0.25, -0.2) is 0 Å². The molecule has 0 radical (unpaired) electrons. The van der Waals surface area contributed by atoms with Crippen LogP contribution in [0, 0.1) is 13.8 Å². The molecule has 0 saturated carbocycles. The Bertz CT molecular complexity index is 1210. The minimum absolute atomic E-state index is 0.0558. The second kappa shape index (κ2) is 13.3. The van der Waals surface area contributed by atoms with Crippen LogP contribution < -0.4 is 15.4 Å². The van der Waals surface area contributed by atoms with Crippen molar-refractivity contribution in [2.45, 2.75) is 53.4 Å². The molecule has 7 heteroatoms. The molecule has 7 nitrogen and oxygen atoms in total. The van der Waals surface area contributed by atoms with Crippen LogP contribution >= 0.6 is 0 Å². The molecule has 194 valence electrons. The zero-order chi connectivity index (χ0) is 26.8. The molecule has 0 unspecified atom stereocenters. The van der Waals surface area contributed by atoms with E-state index in [1.165, 1.54) is 0 Å². The fourth-order valence-electron chi connectivity index (χ4n) is 3.92. The topological polar surface area (TPSA) is 93.7 Å². The number of esters is 1. The van der Waals surface area contributed by atoms with Gasteiger partial charge in [-0.05, 0) is 73.2 Å². The number of rotatable bonds is 11. The van der Waals surface area contributed by atoms with Crippen molar-refractivity contribution in [2.24, 2.45) is 0 Å². The van der Waals surface area contributed by atoms with Crippen LogP contribution in [-0.4, -0.2) is 24.4 Å². The van der Waals surface area contributed by atoms with Gasteiger partial charge in [0.25, 0.3) is 5.91 Å². The molecule has 0 heterocycles. The number of benzene rings is 3. The standard InChI is InChI=1S/C30H34N2O5/c1-5-22-11-8-12-23(6-2)29(22)32-27(34)19-36-28(35)18-17-26(33)31-24-13-15-25(16-14-24)37-30-20(3)9-7-10-21(30)4/h7-16H,5-6,17-19H2,1-4H3,(H,31,33)(H,32,34). The highest BCUT2D eigenvalue weighted by atomic mass is 16.5. The van der Waals surface area contributed by atoms with E-state index in [2.05, 4.69) is 10.6 Å². The molecular formula is C30H34N2O5. The van der Waals surface area contributed by atoms with Crippen molar-refractivity contribution in [1.29, 1.82) is 0 Å². The lowest BCUT2D eigenvalue weighted by molar-refractivity contribution is -0.147. The maximum atomic E-state index is 12.3. The molecule has 0 spiro atoms. The number of carbonyl (C=O) groups excluding carboxylic acids is 3. The largest absolute Gasteiger partial charge is 0.457 e. The third kappa shape index (κ3) is 7.93. The summed E-state index contributed by atoms with van der Waals surface area (Å²) in [5, 5.41) is 5.61. The van der Waals surface area contributed by atoms with Gasteiger partial charge in [0.2, 0.25) is 5.91 Å². The van der Waals surface area contributed by atoms with E-state index in [1.807, 2.05) is 64.1 Å². The molecule has 0 bridgehead atoms. The predicted octanol–water partition coefficient (Wildman–Crippen LogP) is 6.12. The Morgan fingerprint density at radius 3 is 1.92 bits per heavy atom. The van der Waals surface area contributed by atoms with Crippen LogP contribution in [0.4, 0.5) is 11.4 Å². The molecule has 3 aromatic rings. The number of ether oxygens (including phenoxy) is 2. The summed E-state index contributed by atoms with van der Waals surface area (Å²) in [5.41, 5.74) is 5.50. The Morgan fingerprint density at radius 1 is 0.730 bits per heavy atom. The molecule has 2 amide bonds. The average Bonchev–Trinajstić information content (AvgIpc) is 2.89. The maximum Gasteiger partial charge on any atom is 0.306 e. The first-order chi connectivity index (χ1) is 17.8. The second-order valence-corrected chi connectivity index (χ2v) is 8.76. The van der Waals surface area contributed by atoms with Crippen LogP contribution in [-0.2, 0) is 32.0 Å². The molecule has 0 aliphatic rings. The third-order valence-electron chi connectivity index (χ3n) is 5.95. The first kappa shape index (κ1) is 27.5. The van der Waals surface area contributed by atoms with E-state index in [0.717, 1.165) is 46.5 Å². The predicted molar refractivity (Wildman–Crippen MR) is 145 cm³/mol. The van der Waals surface area contributed by atoms with Crippen LogP contribution in [0.2, 0.25) is 0 Å². The number of nitrogens with one attached hydrogen (secondary N) is 2. The van der Waals surface area contributed by atoms with Crippen LogP contribution in [0.15, 0.2) is 60.7 Å². The Kier molecular flexibility index (Phi) is 9.84. The van der Waals surface area contributed by atoms with Gasteiger partial charge in [0.05, 0.1) is 6.42 Å². The summed E-state index contributed by atoms with van der Waals surface area (Å²) in [4.78, 5) is 36.7. The maximum absolute atomic E-state index is 12.3. The molecule has 2 N–H and O–H groups in total. The Hall–Kier alpha value is -4.13. The van der Waals surface area contributed by atoms with Crippen molar-refractivity contribution in [2.75, 3.05) is 17.2 Å². The van der Waals surface area contributed by atoms with Gasteiger partial charge in [-0.15, -0.1) is 0 Å². The van der Waals surface area contributed by atoms with Crippen molar-refractivity contribution in [3.05, 3.63) is 82.9 Å². The molecule has 0 fully saturated rings. The van der Waals surface area contributed by atoms with E-state index in [9.17, 15) is 14.4 Å². The van der Waals surface area contributed by atoms with Crippen LogP contribution in [0.1, 0.15) is 48.9 Å². The van der Waals surface area contributed by atoms with E-state index in [1.54, 1.807) is 24.3 Å². The summed E-state index contributed by atoms with van der Waals surface area (Å²) < 4.78 is 11.0. The Labute approximate surface area is 218 Å². The van der Waals surface area contributed by atoms with Crippen molar-refractivity contribution >= 4 is 29.2 Å². The summed E-state index contributed by atoms with van der Waals surface area (Å²) in [6.45, 7) is 7.61. The van der Waals surface area contributed by atoms with Crippen molar-refractivity contribution < 1.29 is 23.9 Å². The average molecular weight is 503 g/mol. The van der Waals surface area contributed by atoms with Gasteiger partial charge in [0, 0.05) is 17.8 Å². The fourth-order valence-corrected chi connectivity index (χ4v) is 3.92. The highest BCUT2D eigenvalue weighted by Gasteiger charge is 2.14. The van der Waals surface area contributed by atoms with Crippen molar-refractivity contribution in [3.8, 4) is 11.5 Å². The van der Waals surface area contributed by atoms with Gasteiger partial charge < -0.3 is 20.1 Å². The monoisotopic (exact) mass is 502 g/mol. The molecule has 0 aliphatic heterocycles. The SMILES string of the molecule is CCc1cccc(CC)c1NC(=O)COC(=O)CCC(=O)Nc1ccc(Oc2c(C)cccc2C)cc1. The zero-order valence-corrected chi connectivity index (χ0v) is 21.9. The Morgan fingerprint density at radius 2 is 1.32 bits per heavy atom. The molecule has 0 saturated heterocycles. The molecule has 0 atom stereocenters. The van der Waals surface area contributed by atoms with Gasteiger partial charge >= 0.3 is 5.97 Å². The molecule has 0 aliphatic carbocycles. The Balaban J connectivity index is 1.42. The molecule has 37 heavy (non-hydrogen) atoms. The van der Waals surface area contributed by atoms with Gasteiger partial charge in [-0.3, -0.25) is 14.4 Å². The summed E-state index contributed by atoms with van der Waals surface area (Å²) in [6.07, 6.45) is 1.37. The van der Waals surface area contributed by atoms with E-state index < -0.39 is 18.5 Å². The van der Waals surface area contributed by atoms with Crippen LogP contribution in [0.3, 0.4) is 0 Å². The molecular weight excluding hydrogens is 468 g/mol. The van der Waals surface area contributed by atoms with Crippen LogP contribution in [0.5, 0.6) is 11.5 Å². The number of aryl methyl sites for hydroxylation is 4. The number of para-hydroxylation sites is 2. The lowest BCUT2D eigenvalue weighted by atomic mass is 10.0. The van der Waals surface area contributed by atoms with E-state index >= 15 is 0 Å². The highest BCUT2D eigenvalue weighted by Crippen LogP contribution is 2.29. The fraction of sp³-hybridized carbons (Fsp3) is 0.300. The van der Waals surface area contributed by atoms with E-state index in [4.69, 9.17) is 9.47 Å². The summed E-state index contributed by atoms with van der Waals surface area (Å²) in [6, 6.07) is 18.9. The van der Waals surface area contributed by atoms with Gasteiger partial charge in [-0.2, -0.15) is 0 Å². The summed E-state index contributed by atoms with van der Waals surface area (Å²) in [7, 11) is 0. The highest BCUT2D eigenvalue weighted by molar-refractivity contribution is 5.95. The van der Waals surface area contributed by atoms with Crippen LogP contribution in [0.25, 0.3) is 0 Å². The number of amides is 2. The smallest absolute Gasteiger partial charge is 0.306 e. The van der Waals surface area contributed by atoms with E-state index in [0.29, 0.717) is 11.4 Å². The number of hydrogen-bond donors (Lipinski definition) is 2. The normalized spacial score (nSPS) is 10.5. The zero-order valence-electron chi connectivity index (χ0n) is 21.9. The number of anilines is 2. The minimum atomic E-state index is -0.609. The van der Waals surface area contributed by atoms with Gasteiger partial charge in [0.15, 0.2) is 6.61 Å². The molecule has 0 aromatic heterocycles. The quantitative estimate of drug-likeness (QED) is 0.308. The second-order valence-electron chi connectivity index (χ2n) is 8.76. The summed E-state index contributed by atoms with van der Waals surface area (Å²) in [5.74, 6) is 0.129. The molecule has 3 aromatic carbocycles. The lowest BCUT2D eigenvalue weighted by Gasteiger charge is -2.14. The molecule has 3 rings (SSSR count). The third-order valence-corrected chi connectivity index (χ3v) is 5.95. The van der Waals surface area contributed by atoms with Crippen molar-refractivity contribution in [1.82, 2.24) is 0 Å². The summed E-state index contributed by atoms with van der Waals surface area (Å²) >= 11 is 0. The number of hydrogen-bond acceptors (Lipinski definition) is 5. The first-order valence-electron chi connectivity index (χ1n) is 12.5.